The molecule has 0 aliphatic carbocycles. The Kier molecular flexibility index (Phi) is 9.03. The fraction of sp³-hybridized carbons (Fsp3) is 0.455. The van der Waals surface area contributed by atoms with E-state index in [1.54, 1.807) is 0 Å². The molecule has 0 aromatic heterocycles. The molecule has 0 heterocycles. The van der Waals surface area contributed by atoms with Gasteiger partial charge in [-0.15, -0.1) is 0 Å². The summed E-state index contributed by atoms with van der Waals surface area (Å²) in [6, 6.07) is 16.8. The van der Waals surface area contributed by atoms with E-state index in [9.17, 15) is 9.67 Å². The molecule has 0 fully saturated rings. The lowest BCUT2D eigenvalue weighted by Gasteiger charge is -2.27. The molecule has 6 nitrogen and oxygen atoms in total. The summed E-state index contributed by atoms with van der Waals surface area (Å²) in [7, 11) is -4.61. The third-order valence-corrected chi connectivity index (χ3v) is 5.52. The van der Waals surface area contributed by atoms with Crippen molar-refractivity contribution in [2.45, 2.75) is 51.0 Å². The van der Waals surface area contributed by atoms with Crippen molar-refractivity contribution >= 4 is 7.82 Å². The van der Waals surface area contributed by atoms with Crippen LogP contribution in [0.2, 0.25) is 0 Å². The predicted octanol–water partition coefficient (Wildman–Crippen LogP) is 3.82. The molecule has 0 spiro atoms. The van der Waals surface area contributed by atoms with Crippen LogP contribution in [0, 0.1) is 0 Å². The quantitative estimate of drug-likeness (QED) is 0.306. The van der Waals surface area contributed by atoms with Gasteiger partial charge in [0.05, 0.1) is 18.8 Å². The summed E-state index contributed by atoms with van der Waals surface area (Å²) in [4.78, 5) is 17.6. The van der Waals surface area contributed by atoms with Gasteiger partial charge in [-0.1, -0.05) is 68.3 Å². The number of aryl methyl sites for hydroxylation is 2. The second kappa shape index (κ2) is 11.0. The maximum absolute atomic E-state index is 10.9. The Morgan fingerprint density at radius 3 is 1.90 bits per heavy atom. The van der Waals surface area contributed by atoms with E-state index in [2.05, 4.69) is 35.7 Å². The van der Waals surface area contributed by atoms with Crippen LogP contribution in [0.4, 0.5) is 0 Å². The first-order chi connectivity index (χ1) is 13.7. The van der Waals surface area contributed by atoms with Crippen LogP contribution in [0.3, 0.4) is 0 Å². The van der Waals surface area contributed by atoms with Gasteiger partial charge in [-0.3, -0.25) is 4.52 Å². The number of hydrogen-bond acceptors (Lipinski definition) is 4. The van der Waals surface area contributed by atoms with Gasteiger partial charge in [0.25, 0.3) is 0 Å². The molecule has 2 aromatic rings. The van der Waals surface area contributed by atoms with Crippen molar-refractivity contribution in [1.82, 2.24) is 0 Å². The highest BCUT2D eigenvalue weighted by atomic mass is 31.2. The molecule has 1 atom stereocenters. The van der Waals surface area contributed by atoms with Crippen LogP contribution in [-0.4, -0.2) is 33.6 Å². The smallest absolute Gasteiger partial charge is 0.394 e. The standard InChI is InChI=1S/C22H32NO5P/c1-2-3-4-5-18-6-10-20(11-7-18)21-12-8-19(9-13-21)14-15-22(23,16-24)17-28-29(25,26)27/h6-13,24H,2-5,14-17,23H2,1H3,(H2,25,26,27). The topological polar surface area (TPSA) is 113 Å². The lowest BCUT2D eigenvalue weighted by molar-refractivity contribution is 0.102. The van der Waals surface area contributed by atoms with E-state index < -0.39 is 26.6 Å². The Morgan fingerprint density at radius 2 is 1.45 bits per heavy atom. The Hall–Kier alpha value is -1.53. The molecule has 0 amide bonds. The van der Waals surface area contributed by atoms with Crippen molar-refractivity contribution in [2.24, 2.45) is 5.73 Å². The minimum absolute atomic E-state index is 0.343. The van der Waals surface area contributed by atoms with Crippen LogP contribution < -0.4 is 5.73 Å². The average Bonchev–Trinajstić information content (AvgIpc) is 2.71. The van der Waals surface area contributed by atoms with E-state index in [0.29, 0.717) is 12.8 Å². The Bertz CT molecular complexity index is 788. The highest BCUT2D eigenvalue weighted by Crippen LogP contribution is 2.37. The molecule has 2 rings (SSSR count). The number of phosphoric ester groups is 1. The van der Waals surface area contributed by atoms with Crippen molar-refractivity contribution in [3.8, 4) is 11.1 Å². The van der Waals surface area contributed by atoms with Gasteiger partial charge in [0, 0.05) is 0 Å². The van der Waals surface area contributed by atoms with Crippen molar-refractivity contribution < 1.29 is 24.0 Å². The second-order valence-corrected chi connectivity index (χ2v) is 8.87. The van der Waals surface area contributed by atoms with E-state index in [4.69, 9.17) is 15.5 Å². The monoisotopic (exact) mass is 421 g/mol. The maximum Gasteiger partial charge on any atom is 0.469 e. The van der Waals surface area contributed by atoms with E-state index in [1.807, 2.05) is 24.3 Å². The van der Waals surface area contributed by atoms with Crippen LogP contribution in [0.15, 0.2) is 48.5 Å². The number of aliphatic hydroxyl groups is 1. The van der Waals surface area contributed by atoms with Crippen molar-refractivity contribution in [2.75, 3.05) is 13.2 Å². The van der Waals surface area contributed by atoms with Crippen LogP contribution in [0.1, 0.15) is 43.7 Å². The minimum Gasteiger partial charge on any atom is -0.394 e. The first-order valence-electron chi connectivity index (χ1n) is 10.0. The normalized spacial score (nSPS) is 14.0. The number of phosphoric acid groups is 1. The van der Waals surface area contributed by atoms with E-state index in [0.717, 1.165) is 23.1 Å². The zero-order valence-corrected chi connectivity index (χ0v) is 17.9. The zero-order chi connectivity index (χ0) is 21.3. The third-order valence-electron chi connectivity index (χ3n) is 5.06. The van der Waals surface area contributed by atoms with Crippen molar-refractivity contribution in [1.29, 1.82) is 0 Å². The molecule has 1 unspecified atom stereocenters. The summed E-state index contributed by atoms with van der Waals surface area (Å²) >= 11 is 0. The SMILES string of the molecule is CCCCCc1ccc(-c2ccc(CCC(N)(CO)COP(=O)(O)O)cc2)cc1. The largest absolute Gasteiger partial charge is 0.469 e. The van der Waals surface area contributed by atoms with Crippen LogP contribution >= 0.6 is 7.82 Å². The first kappa shape index (κ1) is 23.7. The molecule has 0 bridgehead atoms. The average molecular weight is 421 g/mol. The van der Waals surface area contributed by atoms with Gasteiger partial charge in [0.15, 0.2) is 0 Å². The molecule has 0 aliphatic heterocycles. The molecule has 0 saturated heterocycles. The molecule has 160 valence electrons. The lowest BCUT2D eigenvalue weighted by atomic mass is 9.93. The van der Waals surface area contributed by atoms with Gasteiger partial charge in [0.2, 0.25) is 0 Å². The van der Waals surface area contributed by atoms with Gasteiger partial charge in [-0.25, -0.2) is 4.57 Å². The fourth-order valence-electron chi connectivity index (χ4n) is 3.11. The molecular formula is C22H32NO5P. The van der Waals surface area contributed by atoms with Gasteiger partial charge in [0.1, 0.15) is 0 Å². The third kappa shape index (κ3) is 8.39. The van der Waals surface area contributed by atoms with Gasteiger partial charge < -0.3 is 20.6 Å². The lowest BCUT2D eigenvalue weighted by Crippen LogP contribution is -2.48. The summed E-state index contributed by atoms with van der Waals surface area (Å²) in [5, 5.41) is 9.49. The first-order valence-corrected chi connectivity index (χ1v) is 11.6. The number of nitrogens with two attached hydrogens (primary N) is 1. The number of hydrogen-bond donors (Lipinski definition) is 4. The molecule has 0 radical (unpaired) electrons. The summed E-state index contributed by atoms with van der Waals surface area (Å²) in [5.41, 5.74) is 9.49. The van der Waals surface area contributed by atoms with E-state index >= 15 is 0 Å². The summed E-state index contributed by atoms with van der Waals surface area (Å²) in [6.07, 6.45) is 5.73. The summed E-state index contributed by atoms with van der Waals surface area (Å²) in [6.45, 7) is 1.38. The molecule has 0 saturated carbocycles. The van der Waals surface area contributed by atoms with Crippen molar-refractivity contribution in [3.63, 3.8) is 0 Å². The molecule has 5 N–H and O–H groups in total. The summed E-state index contributed by atoms with van der Waals surface area (Å²) in [5.74, 6) is 0. The number of rotatable bonds is 12. The zero-order valence-electron chi connectivity index (χ0n) is 17.0. The minimum atomic E-state index is -4.61. The van der Waals surface area contributed by atoms with E-state index in [1.165, 1.54) is 24.8 Å². The molecule has 29 heavy (non-hydrogen) atoms. The molecule has 2 aromatic carbocycles. The van der Waals surface area contributed by atoms with Gasteiger partial charge in [-0.05, 0) is 47.9 Å². The van der Waals surface area contributed by atoms with E-state index in [-0.39, 0.29) is 0 Å². The second-order valence-electron chi connectivity index (χ2n) is 7.64. The summed E-state index contributed by atoms with van der Waals surface area (Å²) < 4.78 is 15.3. The highest BCUT2D eigenvalue weighted by molar-refractivity contribution is 7.46. The highest BCUT2D eigenvalue weighted by Gasteiger charge is 2.28. The Balaban J connectivity index is 1.93. The van der Waals surface area contributed by atoms with Crippen LogP contribution in [0.25, 0.3) is 11.1 Å². The number of aliphatic hydroxyl groups excluding tert-OH is 1. The van der Waals surface area contributed by atoms with Crippen LogP contribution in [0.5, 0.6) is 0 Å². The van der Waals surface area contributed by atoms with Crippen LogP contribution in [-0.2, 0) is 21.9 Å². The predicted molar refractivity (Wildman–Crippen MR) is 115 cm³/mol. The number of unbranched alkanes of at least 4 members (excludes halogenated alkanes) is 2. The Labute approximate surface area is 173 Å². The maximum atomic E-state index is 10.9. The van der Waals surface area contributed by atoms with Crippen molar-refractivity contribution in [3.05, 3.63) is 59.7 Å². The molecule has 0 aliphatic rings. The fourth-order valence-corrected chi connectivity index (χ4v) is 3.53. The van der Waals surface area contributed by atoms with Gasteiger partial charge in [-0.2, -0.15) is 0 Å². The Morgan fingerprint density at radius 1 is 0.931 bits per heavy atom. The molecule has 7 heteroatoms. The van der Waals surface area contributed by atoms with Gasteiger partial charge >= 0.3 is 7.82 Å². The molecular weight excluding hydrogens is 389 g/mol. The number of benzene rings is 2.